The van der Waals surface area contributed by atoms with Crippen LogP contribution in [0, 0.1) is 0 Å². The van der Waals surface area contributed by atoms with Crippen LogP contribution in [-0.2, 0) is 0 Å². The largest absolute Gasteiger partial charge is 0.496 e. The van der Waals surface area contributed by atoms with Crippen LogP contribution < -0.4 is 20.1 Å². The Balaban J connectivity index is 1.75. The van der Waals surface area contributed by atoms with Gasteiger partial charge in [0.2, 0.25) is 5.78 Å². The number of halogens is 1. The number of hydrogen-bond acceptors (Lipinski definition) is 6. The first-order valence-corrected chi connectivity index (χ1v) is 8.75. The van der Waals surface area contributed by atoms with E-state index in [1.165, 1.54) is 0 Å². The molecule has 3 heterocycles. The number of anilines is 1. The molecule has 0 radical (unpaired) electrons. The fourth-order valence-electron chi connectivity index (χ4n) is 3.22. The lowest BCUT2D eigenvalue weighted by molar-refractivity contribution is 0.395. The second-order valence-corrected chi connectivity index (χ2v) is 6.71. The molecule has 3 aromatic rings. The molecule has 1 atom stereocenters. The van der Waals surface area contributed by atoms with Gasteiger partial charge in [-0.25, -0.2) is 4.98 Å². The highest BCUT2D eigenvalue weighted by atomic mass is 35.5. The summed E-state index contributed by atoms with van der Waals surface area (Å²) in [6.45, 7) is 1.73. The number of hydrogen-bond donors (Lipinski definition) is 1. The summed E-state index contributed by atoms with van der Waals surface area (Å²) in [4.78, 5) is 11.5. The highest BCUT2D eigenvalue weighted by molar-refractivity contribution is 6.32. The summed E-state index contributed by atoms with van der Waals surface area (Å²) >= 11 is 6.28. The van der Waals surface area contributed by atoms with Gasteiger partial charge < -0.3 is 20.1 Å². The van der Waals surface area contributed by atoms with E-state index in [0.717, 1.165) is 36.6 Å². The minimum absolute atomic E-state index is 0.203. The number of fused-ring (bicyclic) bond motifs is 1. The normalized spacial score (nSPS) is 17.1. The van der Waals surface area contributed by atoms with Crippen molar-refractivity contribution in [2.75, 3.05) is 32.2 Å². The standard InChI is InChI=1S/C18H20ClN5O2/c1-25-15-8-16(26-2)13(19)7-12(15)14-10-24-6-4-17(22-18(24)21-14)23-5-3-11(20)9-23/h4,6-8,10-11H,3,5,9,20H2,1-2H3/t11-/m0/s1. The number of methoxy groups -OCH3 is 2. The zero-order valence-corrected chi connectivity index (χ0v) is 15.4. The molecular weight excluding hydrogens is 354 g/mol. The SMILES string of the molecule is COc1cc(OC)c(-c2cn3ccc(N4CC[C@H](N)C4)nc3n2)cc1Cl. The lowest BCUT2D eigenvalue weighted by Crippen LogP contribution is -2.26. The minimum Gasteiger partial charge on any atom is -0.496 e. The van der Waals surface area contributed by atoms with Crippen molar-refractivity contribution in [2.45, 2.75) is 12.5 Å². The molecule has 7 nitrogen and oxygen atoms in total. The number of nitrogens with zero attached hydrogens (tertiary/aromatic N) is 4. The molecule has 1 fully saturated rings. The zero-order chi connectivity index (χ0) is 18.3. The summed E-state index contributed by atoms with van der Waals surface area (Å²) in [5.74, 6) is 2.71. The van der Waals surface area contributed by atoms with Crippen LogP contribution in [0.25, 0.3) is 17.0 Å². The number of ether oxygens (including phenoxy) is 2. The highest BCUT2D eigenvalue weighted by Gasteiger charge is 2.21. The van der Waals surface area contributed by atoms with E-state index < -0.39 is 0 Å². The third kappa shape index (κ3) is 2.93. The van der Waals surface area contributed by atoms with Crippen LogP contribution >= 0.6 is 11.6 Å². The molecule has 136 valence electrons. The van der Waals surface area contributed by atoms with E-state index >= 15 is 0 Å². The first-order chi connectivity index (χ1) is 12.6. The van der Waals surface area contributed by atoms with E-state index in [-0.39, 0.29) is 6.04 Å². The van der Waals surface area contributed by atoms with Gasteiger partial charge in [0.25, 0.3) is 0 Å². The lowest BCUT2D eigenvalue weighted by atomic mass is 10.1. The predicted octanol–water partition coefficient (Wildman–Crippen LogP) is 2.60. The van der Waals surface area contributed by atoms with Gasteiger partial charge >= 0.3 is 0 Å². The number of imidazole rings is 1. The van der Waals surface area contributed by atoms with Crippen molar-refractivity contribution in [3.63, 3.8) is 0 Å². The Morgan fingerprint density at radius 2 is 2.00 bits per heavy atom. The fourth-order valence-corrected chi connectivity index (χ4v) is 3.47. The molecule has 0 bridgehead atoms. The first-order valence-electron chi connectivity index (χ1n) is 8.37. The number of benzene rings is 1. The molecule has 1 aliphatic rings. The molecular formula is C18H20ClN5O2. The minimum atomic E-state index is 0.203. The number of rotatable bonds is 4. The van der Waals surface area contributed by atoms with E-state index in [9.17, 15) is 0 Å². The summed E-state index contributed by atoms with van der Waals surface area (Å²) in [5, 5.41) is 0.500. The Hall–Kier alpha value is -2.51. The summed E-state index contributed by atoms with van der Waals surface area (Å²) in [7, 11) is 3.18. The van der Waals surface area contributed by atoms with E-state index in [2.05, 4.69) is 14.9 Å². The first kappa shape index (κ1) is 16.9. The predicted molar refractivity (Wildman–Crippen MR) is 101 cm³/mol. The number of nitrogens with two attached hydrogens (primary N) is 1. The van der Waals surface area contributed by atoms with Gasteiger partial charge in [-0.2, -0.15) is 4.98 Å². The smallest absolute Gasteiger partial charge is 0.236 e. The molecule has 0 spiro atoms. The van der Waals surface area contributed by atoms with Crippen molar-refractivity contribution in [2.24, 2.45) is 5.73 Å². The molecule has 2 aromatic heterocycles. The summed E-state index contributed by atoms with van der Waals surface area (Å²) in [6, 6.07) is 5.73. The second kappa shape index (κ2) is 6.66. The van der Waals surface area contributed by atoms with Gasteiger partial charge in [0.05, 0.1) is 24.9 Å². The highest BCUT2D eigenvalue weighted by Crippen LogP contribution is 2.38. The zero-order valence-electron chi connectivity index (χ0n) is 14.6. The van der Waals surface area contributed by atoms with Crippen LogP contribution in [-0.4, -0.2) is 47.7 Å². The molecule has 1 aromatic carbocycles. The van der Waals surface area contributed by atoms with Gasteiger partial charge in [-0.15, -0.1) is 0 Å². The molecule has 1 aliphatic heterocycles. The summed E-state index contributed by atoms with van der Waals surface area (Å²) < 4.78 is 12.6. The van der Waals surface area contributed by atoms with Crippen LogP contribution in [0.4, 0.5) is 5.82 Å². The topological polar surface area (TPSA) is 77.9 Å². The van der Waals surface area contributed by atoms with E-state index in [4.69, 9.17) is 26.8 Å². The van der Waals surface area contributed by atoms with Crippen LogP contribution in [0.15, 0.2) is 30.6 Å². The van der Waals surface area contributed by atoms with Crippen LogP contribution in [0.2, 0.25) is 5.02 Å². The van der Waals surface area contributed by atoms with Crippen LogP contribution in [0.5, 0.6) is 11.5 Å². The maximum absolute atomic E-state index is 6.28. The molecule has 8 heteroatoms. The van der Waals surface area contributed by atoms with Crippen molar-refractivity contribution in [3.05, 3.63) is 35.6 Å². The van der Waals surface area contributed by atoms with Crippen LogP contribution in [0.3, 0.4) is 0 Å². The van der Waals surface area contributed by atoms with Gasteiger partial charge in [-0.3, -0.25) is 4.40 Å². The van der Waals surface area contributed by atoms with Gasteiger partial charge in [0, 0.05) is 43.2 Å². The van der Waals surface area contributed by atoms with Crippen molar-refractivity contribution in [1.29, 1.82) is 0 Å². The van der Waals surface area contributed by atoms with Gasteiger partial charge in [-0.1, -0.05) is 11.6 Å². The van der Waals surface area contributed by atoms with Gasteiger partial charge in [0.1, 0.15) is 17.3 Å². The van der Waals surface area contributed by atoms with Gasteiger partial charge in [-0.05, 0) is 18.6 Å². The monoisotopic (exact) mass is 373 g/mol. The maximum atomic E-state index is 6.28. The summed E-state index contributed by atoms with van der Waals surface area (Å²) in [5.41, 5.74) is 7.51. The Kier molecular flexibility index (Phi) is 4.34. The van der Waals surface area contributed by atoms with Crippen molar-refractivity contribution >= 4 is 23.2 Å². The molecule has 4 rings (SSSR count). The summed E-state index contributed by atoms with van der Waals surface area (Å²) in [6.07, 6.45) is 4.84. The third-order valence-corrected chi connectivity index (χ3v) is 4.91. The van der Waals surface area contributed by atoms with Crippen molar-refractivity contribution in [3.8, 4) is 22.8 Å². The van der Waals surface area contributed by atoms with E-state index in [1.807, 2.05) is 22.9 Å². The number of aromatic nitrogens is 3. The quantitative estimate of drug-likeness (QED) is 0.757. The maximum Gasteiger partial charge on any atom is 0.236 e. The van der Waals surface area contributed by atoms with E-state index in [0.29, 0.717) is 22.3 Å². The molecule has 2 N–H and O–H groups in total. The van der Waals surface area contributed by atoms with Gasteiger partial charge in [0.15, 0.2) is 0 Å². The molecule has 0 aliphatic carbocycles. The Morgan fingerprint density at radius 1 is 1.19 bits per heavy atom. The molecule has 0 unspecified atom stereocenters. The molecule has 0 amide bonds. The Morgan fingerprint density at radius 3 is 2.69 bits per heavy atom. The average Bonchev–Trinajstić information content (AvgIpc) is 3.26. The Labute approximate surface area is 156 Å². The van der Waals surface area contributed by atoms with Crippen molar-refractivity contribution in [1.82, 2.24) is 14.4 Å². The average molecular weight is 374 g/mol. The lowest BCUT2D eigenvalue weighted by Gasteiger charge is -2.16. The molecule has 0 saturated carbocycles. The van der Waals surface area contributed by atoms with Crippen molar-refractivity contribution < 1.29 is 9.47 Å². The second-order valence-electron chi connectivity index (χ2n) is 6.30. The molecule has 26 heavy (non-hydrogen) atoms. The van der Waals surface area contributed by atoms with Crippen LogP contribution in [0.1, 0.15) is 6.42 Å². The molecule has 1 saturated heterocycles. The fraction of sp³-hybridized carbons (Fsp3) is 0.333. The third-order valence-electron chi connectivity index (χ3n) is 4.61. The van der Waals surface area contributed by atoms with E-state index in [1.54, 1.807) is 26.4 Å². The Bertz CT molecular complexity index is 958.